The number of aromatic nitrogens is 1. The summed E-state index contributed by atoms with van der Waals surface area (Å²) in [6, 6.07) is 4.72. The Hall–Kier alpha value is -1.70. The fraction of sp³-hybridized carbons (Fsp3) is 0.412. The highest BCUT2D eigenvalue weighted by molar-refractivity contribution is 7.13. The second-order valence-electron chi connectivity index (χ2n) is 6.23. The largest absolute Gasteiger partial charge is 0.370 e. The zero-order chi connectivity index (χ0) is 17.4. The van der Waals surface area contributed by atoms with E-state index in [2.05, 4.69) is 10.3 Å². The van der Waals surface area contributed by atoms with Gasteiger partial charge in [-0.3, -0.25) is 4.79 Å². The van der Waals surface area contributed by atoms with Gasteiger partial charge in [-0.1, -0.05) is 17.7 Å². The van der Waals surface area contributed by atoms with Crippen molar-refractivity contribution in [3.63, 3.8) is 0 Å². The van der Waals surface area contributed by atoms with Gasteiger partial charge in [0.1, 0.15) is 17.6 Å². The van der Waals surface area contributed by atoms with Gasteiger partial charge in [0, 0.05) is 28.6 Å². The van der Waals surface area contributed by atoms with Gasteiger partial charge >= 0.3 is 0 Å². The fourth-order valence-electron chi connectivity index (χ4n) is 2.79. The van der Waals surface area contributed by atoms with Gasteiger partial charge in [-0.15, -0.1) is 11.3 Å². The van der Waals surface area contributed by atoms with Crippen LogP contribution in [0.1, 0.15) is 35.0 Å². The van der Waals surface area contributed by atoms with Crippen LogP contribution in [0.2, 0.25) is 5.02 Å². The van der Waals surface area contributed by atoms with Gasteiger partial charge in [-0.05, 0) is 25.0 Å². The summed E-state index contributed by atoms with van der Waals surface area (Å²) in [5.41, 5.74) is 1.13. The number of nitrogens with one attached hydrogen (secondary N) is 1. The Morgan fingerprint density at radius 3 is 3.04 bits per heavy atom. The number of carbonyl (C=O) groups is 1. The van der Waals surface area contributed by atoms with Crippen LogP contribution in [-0.4, -0.2) is 41.5 Å². The highest BCUT2D eigenvalue weighted by Crippen LogP contribution is 2.30. The summed E-state index contributed by atoms with van der Waals surface area (Å²) >= 11 is 7.57. The Morgan fingerprint density at radius 2 is 2.28 bits per heavy atom. The number of hydrogen-bond donors (Lipinski definition) is 1. The van der Waals surface area contributed by atoms with Crippen LogP contribution in [-0.2, 0) is 4.74 Å². The van der Waals surface area contributed by atoms with Crippen molar-refractivity contribution in [3.05, 3.63) is 45.7 Å². The zero-order valence-corrected chi connectivity index (χ0v) is 14.9. The number of nitrogens with zero attached hydrogens (tertiary/aromatic N) is 2. The fourth-order valence-corrected chi connectivity index (χ4v) is 3.84. The second kappa shape index (κ2) is 6.90. The summed E-state index contributed by atoms with van der Waals surface area (Å²) in [4.78, 5) is 18.8. The molecule has 1 N–H and O–H groups in total. The molecule has 0 radical (unpaired) electrons. The number of anilines is 1. The van der Waals surface area contributed by atoms with E-state index in [1.165, 1.54) is 23.5 Å². The molecule has 1 aromatic carbocycles. The minimum absolute atomic E-state index is 0.119. The van der Waals surface area contributed by atoms with Gasteiger partial charge in [-0.2, -0.15) is 0 Å². The van der Waals surface area contributed by atoms with Crippen molar-refractivity contribution in [2.75, 3.05) is 25.0 Å². The van der Waals surface area contributed by atoms with Crippen molar-refractivity contribution in [2.24, 2.45) is 0 Å². The molecule has 2 heterocycles. The highest BCUT2D eigenvalue weighted by Gasteiger charge is 2.29. The zero-order valence-electron chi connectivity index (χ0n) is 13.4. The lowest BCUT2D eigenvalue weighted by molar-refractivity contribution is -0.0229. The van der Waals surface area contributed by atoms with E-state index in [1.807, 2.05) is 0 Å². The minimum Gasteiger partial charge on any atom is -0.370 e. The molecule has 8 heteroatoms. The van der Waals surface area contributed by atoms with Crippen LogP contribution >= 0.6 is 22.9 Å². The number of ether oxygens (including phenoxy) is 1. The standard InChI is InChI=1S/C17H17ClFN3O2S/c18-13-7-10(19)1-4-12(13)15-8-22(5-6-24-15)16(23)14-9-25-17(21-14)20-11-2-3-11/h1,4,7,9,11,15H,2-3,5-6,8H2,(H,20,21). The number of hydrogen-bond acceptors (Lipinski definition) is 5. The van der Waals surface area contributed by atoms with Gasteiger partial charge in [0.15, 0.2) is 5.13 Å². The van der Waals surface area contributed by atoms with Crippen molar-refractivity contribution in [1.29, 1.82) is 0 Å². The molecule has 1 aliphatic heterocycles. The maximum absolute atomic E-state index is 13.2. The van der Waals surface area contributed by atoms with Gasteiger partial charge < -0.3 is 15.0 Å². The normalized spacial score (nSPS) is 20.6. The summed E-state index contributed by atoms with van der Waals surface area (Å²) < 4.78 is 19.0. The third kappa shape index (κ3) is 3.78. The topological polar surface area (TPSA) is 54.5 Å². The molecule has 0 bridgehead atoms. The first kappa shape index (κ1) is 16.8. The molecule has 2 aromatic rings. The van der Waals surface area contributed by atoms with Crippen molar-refractivity contribution in [1.82, 2.24) is 9.88 Å². The number of carbonyl (C=O) groups excluding carboxylic acids is 1. The summed E-state index contributed by atoms with van der Waals surface area (Å²) in [5, 5.41) is 6.18. The molecular weight excluding hydrogens is 365 g/mol. The molecule has 1 saturated carbocycles. The third-order valence-corrected chi connectivity index (χ3v) is 5.39. The molecule has 1 amide bonds. The van der Waals surface area contributed by atoms with Gasteiger partial charge in [-0.25, -0.2) is 9.37 Å². The predicted molar refractivity (Wildman–Crippen MR) is 94.8 cm³/mol. The number of morpholine rings is 1. The highest BCUT2D eigenvalue weighted by atomic mass is 35.5. The number of benzene rings is 1. The van der Waals surface area contributed by atoms with E-state index < -0.39 is 5.82 Å². The molecule has 1 aromatic heterocycles. The van der Waals surface area contributed by atoms with E-state index in [0.717, 1.165) is 18.0 Å². The summed E-state index contributed by atoms with van der Waals surface area (Å²) in [6.45, 7) is 1.27. The lowest BCUT2D eigenvalue weighted by atomic mass is 10.1. The quantitative estimate of drug-likeness (QED) is 0.876. The van der Waals surface area contributed by atoms with Crippen molar-refractivity contribution in [3.8, 4) is 0 Å². The average Bonchev–Trinajstić information content (AvgIpc) is 3.29. The molecule has 1 unspecified atom stereocenters. The Labute approximate surface area is 153 Å². The smallest absolute Gasteiger partial charge is 0.273 e. The first-order chi connectivity index (χ1) is 12.1. The third-order valence-electron chi connectivity index (χ3n) is 4.29. The van der Waals surface area contributed by atoms with Crippen LogP contribution in [0.25, 0.3) is 0 Å². The van der Waals surface area contributed by atoms with Crippen LogP contribution in [0.5, 0.6) is 0 Å². The molecular formula is C17H17ClFN3O2S. The molecule has 0 spiro atoms. The maximum Gasteiger partial charge on any atom is 0.273 e. The Bertz CT molecular complexity index is 796. The van der Waals surface area contributed by atoms with E-state index in [0.29, 0.717) is 42.0 Å². The van der Waals surface area contributed by atoms with Crippen LogP contribution in [0, 0.1) is 5.82 Å². The maximum atomic E-state index is 13.2. The molecule has 2 aliphatic rings. The molecule has 1 aliphatic carbocycles. The van der Waals surface area contributed by atoms with Gasteiger partial charge in [0.25, 0.3) is 5.91 Å². The second-order valence-corrected chi connectivity index (χ2v) is 7.50. The van der Waals surface area contributed by atoms with Crippen molar-refractivity contribution < 1.29 is 13.9 Å². The van der Waals surface area contributed by atoms with Gasteiger partial charge in [0.2, 0.25) is 0 Å². The van der Waals surface area contributed by atoms with Crippen LogP contribution < -0.4 is 5.32 Å². The number of thiazole rings is 1. The molecule has 2 fully saturated rings. The van der Waals surface area contributed by atoms with Gasteiger partial charge in [0.05, 0.1) is 13.2 Å². The van der Waals surface area contributed by atoms with E-state index in [4.69, 9.17) is 16.3 Å². The molecule has 5 nitrogen and oxygen atoms in total. The first-order valence-corrected chi connectivity index (χ1v) is 9.44. The summed E-state index contributed by atoms with van der Waals surface area (Å²) in [7, 11) is 0. The molecule has 4 rings (SSSR count). The van der Waals surface area contributed by atoms with Crippen molar-refractivity contribution >= 4 is 34.0 Å². The minimum atomic E-state index is -0.393. The number of rotatable bonds is 4. The van der Waals surface area contributed by atoms with E-state index in [1.54, 1.807) is 16.3 Å². The first-order valence-electron chi connectivity index (χ1n) is 8.18. The molecule has 1 atom stereocenters. The molecule has 132 valence electrons. The SMILES string of the molecule is O=C(c1csc(NC2CC2)n1)N1CCOC(c2ccc(F)cc2Cl)C1. The van der Waals surface area contributed by atoms with Crippen LogP contribution in [0.3, 0.4) is 0 Å². The van der Waals surface area contributed by atoms with E-state index in [-0.39, 0.29) is 12.0 Å². The lowest BCUT2D eigenvalue weighted by Gasteiger charge is -2.33. The van der Waals surface area contributed by atoms with Crippen molar-refractivity contribution in [2.45, 2.75) is 25.0 Å². The van der Waals surface area contributed by atoms with E-state index in [9.17, 15) is 9.18 Å². The predicted octanol–water partition coefficient (Wildman–Crippen LogP) is 3.72. The lowest BCUT2D eigenvalue weighted by Crippen LogP contribution is -2.42. The average molecular weight is 382 g/mol. The summed E-state index contributed by atoms with van der Waals surface area (Å²) in [6.07, 6.45) is 1.95. The van der Waals surface area contributed by atoms with Crippen LogP contribution in [0.4, 0.5) is 9.52 Å². The monoisotopic (exact) mass is 381 g/mol. The Morgan fingerprint density at radius 1 is 1.44 bits per heavy atom. The molecule has 25 heavy (non-hydrogen) atoms. The molecule has 1 saturated heterocycles. The van der Waals surface area contributed by atoms with E-state index >= 15 is 0 Å². The Balaban J connectivity index is 1.46. The number of halogens is 2. The summed E-state index contributed by atoms with van der Waals surface area (Å²) in [5.74, 6) is -0.512. The Kier molecular flexibility index (Phi) is 4.62. The van der Waals surface area contributed by atoms with Crippen LogP contribution in [0.15, 0.2) is 23.6 Å². The number of amides is 1.